The Hall–Kier alpha value is -1.32. The molecule has 4 heteroatoms. The first-order chi connectivity index (χ1) is 6.13. The minimum absolute atomic E-state index is 0.261. The number of primary amides is 1. The van der Waals surface area contributed by atoms with Crippen LogP contribution in [0.1, 0.15) is 19.8 Å². The van der Waals surface area contributed by atoms with Crippen molar-refractivity contribution in [2.75, 3.05) is 6.61 Å². The van der Waals surface area contributed by atoms with Gasteiger partial charge in [0.2, 0.25) is 5.91 Å². The second kappa shape index (κ2) is 6.22. The van der Waals surface area contributed by atoms with Gasteiger partial charge in [0.05, 0.1) is 6.61 Å². The SMILES string of the molecule is C=CCCC(C(N)=O)C(=O)OCC. The quantitative estimate of drug-likeness (QED) is 0.374. The van der Waals surface area contributed by atoms with Crippen molar-refractivity contribution < 1.29 is 14.3 Å². The molecule has 0 spiro atoms. The van der Waals surface area contributed by atoms with Gasteiger partial charge in [-0.05, 0) is 19.8 Å². The third-order valence-corrected chi connectivity index (χ3v) is 1.57. The number of carbonyl (C=O) groups is 2. The summed E-state index contributed by atoms with van der Waals surface area (Å²) in [6.45, 7) is 5.44. The summed E-state index contributed by atoms with van der Waals surface area (Å²) in [5.74, 6) is -2.02. The van der Waals surface area contributed by atoms with Crippen LogP contribution in [-0.2, 0) is 14.3 Å². The molecule has 0 aromatic heterocycles. The van der Waals surface area contributed by atoms with Gasteiger partial charge in [0.25, 0.3) is 0 Å². The number of nitrogens with two attached hydrogens (primary N) is 1. The van der Waals surface area contributed by atoms with E-state index in [-0.39, 0.29) is 6.61 Å². The number of amides is 1. The monoisotopic (exact) mass is 185 g/mol. The Kier molecular flexibility index (Phi) is 5.59. The van der Waals surface area contributed by atoms with Crippen molar-refractivity contribution in [2.45, 2.75) is 19.8 Å². The topological polar surface area (TPSA) is 69.4 Å². The standard InChI is InChI=1S/C9H15NO3/c1-3-5-6-7(8(10)11)9(12)13-4-2/h3,7H,1,4-6H2,2H3,(H2,10,11). The number of hydrogen-bond acceptors (Lipinski definition) is 3. The van der Waals surface area contributed by atoms with Crippen LogP contribution in [0.15, 0.2) is 12.7 Å². The number of carbonyl (C=O) groups excluding carboxylic acids is 2. The Bertz CT molecular complexity index is 201. The molecular formula is C9H15NO3. The lowest BCUT2D eigenvalue weighted by Crippen LogP contribution is -2.31. The van der Waals surface area contributed by atoms with E-state index >= 15 is 0 Å². The maximum absolute atomic E-state index is 11.1. The molecular weight excluding hydrogens is 170 g/mol. The van der Waals surface area contributed by atoms with Gasteiger partial charge in [-0.3, -0.25) is 9.59 Å². The molecule has 1 atom stereocenters. The molecule has 0 aromatic carbocycles. The van der Waals surface area contributed by atoms with Crippen LogP contribution in [0.2, 0.25) is 0 Å². The van der Waals surface area contributed by atoms with Gasteiger partial charge in [-0.25, -0.2) is 0 Å². The van der Waals surface area contributed by atoms with E-state index in [1.807, 2.05) is 0 Å². The predicted molar refractivity (Wildman–Crippen MR) is 48.7 cm³/mol. The highest BCUT2D eigenvalue weighted by Crippen LogP contribution is 2.08. The van der Waals surface area contributed by atoms with Crippen LogP contribution < -0.4 is 5.73 Å². The summed E-state index contributed by atoms with van der Waals surface area (Å²) in [7, 11) is 0. The van der Waals surface area contributed by atoms with E-state index in [0.29, 0.717) is 12.8 Å². The summed E-state index contributed by atoms with van der Waals surface area (Å²) in [6.07, 6.45) is 2.58. The molecule has 0 aliphatic heterocycles. The zero-order valence-corrected chi connectivity index (χ0v) is 7.79. The van der Waals surface area contributed by atoms with Crippen molar-refractivity contribution in [3.05, 3.63) is 12.7 Å². The van der Waals surface area contributed by atoms with E-state index in [0.717, 1.165) is 0 Å². The number of allylic oxidation sites excluding steroid dienone is 1. The van der Waals surface area contributed by atoms with E-state index in [4.69, 9.17) is 5.73 Å². The lowest BCUT2D eigenvalue weighted by atomic mass is 10.0. The molecule has 2 N–H and O–H groups in total. The van der Waals surface area contributed by atoms with Crippen LogP contribution in [0, 0.1) is 5.92 Å². The Balaban J connectivity index is 4.15. The molecule has 0 rings (SSSR count). The average molecular weight is 185 g/mol. The van der Waals surface area contributed by atoms with Gasteiger partial charge in [0.1, 0.15) is 5.92 Å². The molecule has 0 bridgehead atoms. The van der Waals surface area contributed by atoms with Crippen molar-refractivity contribution in [2.24, 2.45) is 11.7 Å². The van der Waals surface area contributed by atoms with Crippen molar-refractivity contribution in [1.29, 1.82) is 0 Å². The van der Waals surface area contributed by atoms with E-state index < -0.39 is 17.8 Å². The van der Waals surface area contributed by atoms with Crippen LogP contribution in [0.25, 0.3) is 0 Å². The summed E-state index contributed by atoms with van der Waals surface area (Å²) in [4.78, 5) is 21.9. The molecule has 1 amide bonds. The van der Waals surface area contributed by atoms with E-state index in [1.165, 1.54) is 0 Å². The first-order valence-corrected chi connectivity index (χ1v) is 4.20. The maximum Gasteiger partial charge on any atom is 0.318 e. The Morgan fingerprint density at radius 2 is 2.23 bits per heavy atom. The first kappa shape index (κ1) is 11.7. The number of rotatable bonds is 6. The lowest BCUT2D eigenvalue weighted by molar-refractivity contribution is -0.151. The smallest absolute Gasteiger partial charge is 0.318 e. The number of hydrogen-bond donors (Lipinski definition) is 1. The van der Waals surface area contributed by atoms with Crippen LogP contribution in [0.5, 0.6) is 0 Å². The van der Waals surface area contributed by atoms with Crippen LogP contribution in [0.4, 0.5) is 0 Å². The highest BCUT2D eigenvalue weighted by atomic mass is 16.5. The van der Waals surface area contributed by atoms with Gasteiger partial charge in [0.15, 0.2) is 0 Å². The molecule has 74 valence electrons. The lowest BCUT2D eigenvalue weighted by Gasteiger charge is -2.10. The summed E-state index contributed by atoms with van der Waals surface area (Å²) in [5, 5.41) is 0. The molecule has 0 aromatic rings. The maximum atomic E-state index is 11.1. The van der Waals surface area contributed by atoms with E-state index in [1.54, 1.807) is 13.0 Å². The number of esters is 1. The fraction of sp³-hybridized carbons (Fsp3) is 0.556. The van der Waals surface area contributed by atoms with Gasteiger partial charge in [-0.15, -0.1) is 6.58 Å². The molecule has 0 heterocycles. The van der Waals surface area contributed by atoms with Crippen LogP contribution in [-0.4, -0.2) is 18.5 Å². The summed E-state index contributed by atoms with van der Waals surface area (Å²) in [5.41, 5.74) is 5.03. The molecule has 0 fully saturated rings. The predicted octanol–water partition coefficient (Wildman–Crippen LogP) is 0.617. The Morgan fingerprint density at radius 1 is 1.62 bits per heavy atom. The van der Waals surface area contributed by atoms with E-state index in [9.17, 15) is 9.59 Å². The minimum atomic E-state index is -0.835. The molecule has 13 heavy (non-hydrogen) atoms. The second-order valence-corrected chi connectivity index (χ2v) is 2.57. The van der Waals surface area contributed by atoms with E-state index in [2.05, 4.69) is 11.3 Å². The zero-order chi connectivity index (χ0) is 10.3. The highest BCUT2D eigenvalue weighted by Gasteiger charge is 2.24. The fourth-order valence-electron chi connectivity index (χ4n) is 0.904. The molecule has 0 saturated heterocycles. The van der Waals surface area contributed by atoms with Gasteiger partial charge in [-0.1, -0.05) is 6.08 Å². The summed E-state index contributed by atoms with van der Waals surface area (Å²) < 4.78 is 4.69. The largest absolute Gasteiger partial charge is 0.465 e. The zero-order valence-electron chi connectivity index (χ0n) is 7.79. The molecule has 4 nitrogen and oxygen atoms in total. The second-order valence-electron chi connectivity index (χ2n) is 2.57. The van der Waals surface area contributed by atoms with Crippen LogP contribution >= 0.6 is 0 Å². The third kappa shape index (κ3) is 4.30. The van der Waals surface area contributed by atoms with Crippen LogP contribution in [0.3, 0.4) is 0 Å². The van der Waals surface area contributed by atoms with Gasteiger partial charge < -0.3 is 10.5 Å². The third-order valence-electron chi connectivity index (χ3n) is 1.57. The Morgan fingerprint density at radius 3 is 2.62 bits per heavy atom. The van der Waals surface area contributed by atoms with Gasteiger partial charge >= 0.3 is 5.97 Å². The highest BCUT2D eigenvalue weighted by molar-refractivity contribution is 5.96. The average Bonchev–Trinajstić information content (AvgIpc) is 2.05. The Labute approximate surface area is 77.7 Å². The normalized spacial score (nSPS) is 11.8. The first-order valence-electron chi connectivity index (χ1n) is 4.20. The molecule has 0 aliphatic carbocycles. The molecule has 1 unspecified atom stereocenters. The van der Waals surface area contributed by atoms with Gasteiger partial charge in [-0.2, -0.15) is 0 Å². The van der Waals surface area contributed by atoms with Gasteiger partial charge in [0, 0.05) is 0 Å². The minimum Gasteiger partial charge on any atom is -0.465 e. The molecule has 0 radical (unpaired) electrons. The van der Waals surface area contributed by atoms with Crippen molar-refractivity contribution in [3.63, 3.8) is 0 Å². The van der Waals surface area contributed by atoms with Crippen molar-refractivity contribution >= 4 is 11.9 Å². The summed E-state index contributed by atoms with van der Waals surface area (Å²) in [6, 6.07) is 0. The summed E-state index contributed by atoms with van der Waals surface area (Å²) >= 11 is 0. The molecule has 0 saturated carbocycles. The van der Waals surface area contributed by atoms with Crippen molar-refractivity contribution in [3.8, 4) is 0 Å². The van der Waals surface area contributed by atoms with Crippen molar-refractivity contribution in [1.82, 2.24) is 0 Å². The number of ether oxygens (including phenoxy) is 1. The fourth-order valence-corrected chi connectivity index (χ4v) is 0.904. The molecule has 0 aliphatic rings.